The number of rotatable bonds is 1. The van der Waals surface area contributed by atoms with Crippen LogP contribution in [-0.4, -0.2) is 14.5 Å². The Morgan fingerprint density at radius 3 is 2.71 bits per heavy atom. The zero-order valence-electron chi connectivity index (χ0n) is 10.3. The maximum atomic E-state index is 12.9. The number of halogens is 4. The van der Waals surface area contributed by atoms with Gasteiger partial charge < -0.3 is 4.98 Å². The second-order valence-corrected chi connectivity index (χ2v) is 5.16. The molecule has 0 atom stereocenters. The number of benzene rings is 1. The van der Waals surface area contributed by atoms with E-state index in [2.05, 4.69) is 9.97 Å². The van der Waals surface area contributed by atoms with Gasteiger partial charge in [0.2, 0.25) is 0 Å². The summed E-state index contributed by atoms with van der Waals surface area (Å²) in [7, 11) is 0. The molecule has 21 heavy (non-hydrogen) atoms. The SMILES string of the molecule is FC(F)(F)c1cc(Cl)cc(-n2c(=S)[nH]c3cccnc32)c1. The molecule has 0 aliphatic carbocycles. The molecule has 0 saturated carbocycles. The minimum Gasteiger partial charge on any atom is -0.329 e. The van der Waals surface area contributed by atoms with Crippen molar-refractivity contribution < 1.29 is 13.2 Å². The lowest BCUT2D eigenvalue weighted by Crippen LogP contribution is -2.06. The molecule has 0 saturated heterocycles. The largest absolute Gasteiger partial charge is 0.416 e. The van der Waals surface area contributed by atoms with E-state index in [4.69, 9.17) is 23.8 Å². The van der Waals surface area contributed by atoms with Gasteiger partial charge in [-0.25, -0.2) is 4.98 Å². The van der Waals surface area contributed by atoms with Crippen molar-refractivity contribution in [2.24, 2.45) is 0 Å². The second-order valence-electron chi connectivity index (χ2n) is 4.34. The molecule has 0 unspecified atom stereocenters. The van der Waals surface area contributed by atoms with Gasteiger partial charge in [0.25, 0.3) is 0 Å². The van der Waals surface area contributed by atoms with Gasteiger partial charge in [0.05, 0.1) is 16.8 Å². The molecule has 0 amide bonds. The van der Waals surface area contributed by atoms with Gasteiger partial charge in [-0.2, -0.15) is 13.2 Å². The molecule has 2 aromatic heterocycles. The smallest absolute Gasteiger partial charge is 0.329 e. The number of nitrogens with one attached hydrogen (secondary N) is 1. The van der Waals surface area contributed by atoms with Crippen molar-refractivity contribution in [2.45, 2.75) is 6.18 Å². The molecule has 0 spiro atoms. The highest BCUT2D eigenvalue weighted by molar-refractivity contribution is 7.71. The predicted octanol–water partition coefficient (Wildman–Crippen LogP) is 4.76. The summed E-state index contributed by atoms with van der Waals surface area (Å²) >= 11 is 11.0. The highest BCUT2D eigenvalue weighted by atomic mass is 35.5. The van der Waals surface area contributed by atoms with Crippen LogP contribution in [0.2, 0.25) is 5.02 Å². The van der Waals surface area contributed by atoms with Gasteiger partial charge in [-0.15, -0.1) is 0 Å². The lowest BCUT2D eigenvalue weighted by atomic mass is 10.2. The van der Waals surface area contributed by atoms with Crippen molar-refractivity contribution in [1.82, 2.24) is 14.5 Å². The van der Waals surface area contributed by atoms with Crippen molar-refractivity contribution in [3.05, 3.63) is 51.9 Å². The van der Waals surface area contributed by atoms with E-state index in [0.29, 0.717) is 11.2 Å². The van der Waals surface area contributed by atoms with E-state index < -0.39 is 11.7 Å². The van der Waals surface area contributed by atoms with Crippen LogP contribution in [0.4, 0.5) is 13.2 Å². The van der Waals surface area contributed by atoms with E-state index in [1.807, 2.05) is 0 Å². The highest BCUT2D eigenvalue weighted by Gasteiger charge is 2.31. The van der Waals surface area contributed by atoms with Gasteiger partial charge in [-0.1, -0.05) is 11.6 Å². The fourth-order valence-electron chi connectivity index (χ4n) is 2.05. The van der Waals surface area contributed by atoms with Gasteiger partial charge >= 0.3 is 6.18 Å². The fourth-order valence-corrected chi connectivity index (χ4v) is 2.58. The molecule has 2 heterocycles. The molecule has 0 aliphatic heterocycles. The van der Waals surface area contributed by atoms with Gasteiger partial charge in [-0.05, 0) is 42.5 Å². The molecule has 0 bridgehead atoms. The summed E-state index contributed by atoms with van der Waals surface area (Å²) < 4.78 is 40.3. The van der Waals surface area contributed by atoms with E-state index >= 15 is 0 Å². The van der Waals surface area contributed by atoms with E-state index in [9.17, 15) is 13.2 Å². The number of fused-ring (bicyclic) bond motifs is 1. The molecule has 1 aromatic carbocycles. The number of alkyl halides is 3. The zero-order valence-corrected chi connectivity index (χ0v) is 11.9. The van der Waals surface area contributed by atoms with E-state index in [-0.39, 0.29) is 15.5 Å². The van der Waals surface area contributed by atoms with Crippen molar-refractivity contribution in [3.63, 3.8) is 0 Å². The quantitative estimate of drug-likeness (QED) is 0.653. The van der Waals surface area contributed by atoms with Gasteiger partial charge in [0.15, 0.2) is 10.4 Å². The third-order valence-electron chi connectivity index (χ3n) is 2.91. The molecule has 0 aliphatic rings. The Labute approximate surface area is 127 Å². The number of aromatic nitrogens is 3. The van der Waals surface area contributed by atoms with E-state index in [1.54, 1.807) is 12.1 Å². The Bertz CT molecular complexity index is 882. The summed E-state index contributed by atoms with van der Waals surface area (Å²) in [5.74, 6) is 0. The van der Waals surface area contributed by atoms with Crippen molar-refractivity contribution in [3.8, 4) is 5.69 Å². The topological polar surface area (TPSA) is 33.6 Å². The number of H-pyrrole nitrogens is 1. The van der Waals surface area contributed by atoms with Crippen LogP contribution in [0.3, 0.4) is 0 Å². The van der Waals surface area contributed by atoms with Gasteiger partial charge in [0.1, 0.15) is 0 Å². The van der Waals surface area contributed by atoms with Crippen LogP contribution in [0.25, 0.3) is 16.9 Å². The van der Waals surface area contributed by atoms with Crippen LogP contribution in [-0.2, 0) is 6.18 Å². The average Bonchev–Trinajstić information content (AvgIpc) is 2.72. The molecule has 8 heteroatoms. The lowest BCUT2D eigenvalue weighted by molar-refractivity contribution is -0.137. The Morgan fingerprint density at radius 1 is 1.24 bits per heavy atom. The first-order valence-electron chi connectivity index (χ1n) is 5.80. The normalized spacial score (nSPS) is 12.0. The number of imidazole rings is 1. The minimum atomic E-state index is -4.48. The zero-order chi connectivity index (χ0) is 15.2. The fraction of sp³-hybridized carbons (Fsp3) is 0.0769. The average molecular weight is 330 g/mol. The summed E-state index contributed by atoms with van der Waals surface area (Å²) in [6, 6.07) is 6.72. The summed E-state index contributed by atoms with van der Waals surface area (Å²) in [6.07, 6.45) is -2.95. The highest BCUT2D eigenvalue weighted by Crippen LogP contribution is 2.33. The monoisotopic (exact) mass is 329 g/mol. The number of hydrogen-bond donors (Lipinski definition) is 1. The maximum absolute atomic E-state index is 12.9. The van der Waals surface area contributed by atoms with Crippen molar-refractivity contribution >= 4 is 35.0 Å². The summed E-state index contributed by atoms with van der Waals surface area (Å²) in [5.41, 5.74) is 0.455. The molecule has 3 aromatic rings. The van der Waals surface area contributed by atoms with Crippen molar-refractivity contribution in [2.75, 3.05) is 0 Å². The van der Waals surface area contributed by atoms with Crippen LogP contribution < -0.4 is 0 Å². The number of pyridine rings is 1. The first-order chi connectivity index (χ1) is 9.86. The number of nitrogens with zero attached hydrogens (tertiary/aromatic N) is 2. The van der Waals surface area contributed by atoms with Crippen LogP contribution >= 0.6 is 23.8 Å². The van der Waals surface area contributed by atoms with Gasteiger partial charge in [0, 0.05) is 11.2 Å². The summed E-state index contributed by atoms with van der Waals surface area (Å²) in [5, 5.41) is -0.0213. The van der Waals surface area contributed by atoms with Gasteiger partial charge in [-0.3, -0.25) is 4.57 Å². The third-order valence-corrected chi connectivity index (χ3v) is 3.41. The molecule has 0 fully saturated rings. The predicted molar refractivity (Wildman–Crippen MR) is 76.3 cm³/mol. The van der Waals surface area contributed by atoms with E-state index in [1.165, 1.54) is 16.8 Å². The van der Waals surface area contributed by atoms with E-state index in [0.717, 1.165) is 12.1 Å². The molecule has 108 valence electrons. The number of aromatic amines is 1. The van der Waals surface area contributed by atoms with Crippen LogP contribution in [0.1, 0.15) is 5.56 Å². The Hall–Kier alpha value is -1.86. The Kier molecular flexibility index (Phi) is 3.26. The van der Waals surface area contributed by atoms with Crippen LogP contribution in [0.15, 0.2) is 36.5 Å². The maximum Gasteiger partial charge on any atom is 0.416 e. The minimum absolute atomic E-state index is 0.0213. The van der Waals surface area contributed by atoms with Crippen LogP contribution in [0, 0.1) is 4.77 Å². The Morgan fingerprint density at radius 2 is 2.00 bits per heavy atom. The number of hydrogen-bond acceptors (Lipinski definition) is 2. The third kappa shape index (κ3) is 2.54. The standard InChI is InChI=1S/C13H7ClF3N3S/c14-8-4-7(13(15,16)17)5-9(6-8)20-11-10(19-12(20)21)2-1-3-18-11/h1-6H,(H,19,21). The second kappa shape index (κ2) is 4.85. The molecule has 3 rings (SSSR count). The molecule has 1 N–H and O–H groups in total. The van der Waals surface area contributed by atoms with Crippen molar-refractivity contribution in [1.29, 1.82) is 0 Å². The lowest BCUT2D eigenvalue weighted by Gasteiger charge is -2.10. The van der Waals surface area contributed by atoms with Crippen LogP contribution in [0.5, 0.6) is 0 Å². The molecular weight excluding hydrogens is 323 g/mol. The first kappa shape index (κ1) is 14.1. The summed E-state index contributed by atoms with van der Waals surface area (Å²) in [4.78, 5) is 7.03. The molecule has 0 radical (unpaired) electrons. The first-order valence-corrected chi connectivity index (χ1v) is 6.59. The molecule has 3 nitrogen and oxygen atoms in total. The Balaban J connectivity index is 2.31. The molecular formula is C13H7ClF3N3S. The summed E-state index contributed by atoms with van der Waals surface area (Å²) in [6.45, 7) is 0.